The number of fused-ring (bicyclic) bond motifs is 3. The molecule has 0 saturated heterocycles. The molecule has 0 aliphatic heterocycles. The van der Waals surface area contributed by atoms with Crippen LogP contribution in [0.25, 0.3) is 11.3 Å². The molecule has 1 aromatic carbocycles. The van der Waals surface area contributed by atoms with Crippen LogP contribution in [0.15, 0.2) is 18.2 Å². The minimum atomic E-state index is 0.769. The number of nitrogens with two attached hydrogens (primary N) is 1. The van der Waals surface area contributed by atoms with Gasteiger partial charge in [-0.15, -0.1) is 11.3 Å². The largest absolute Gasteiger partial charge is 0.497 e. The number of hydrazine groups is 1. The second kappa shape index (κ2) is 4.01. The lowest BCUT2D eigenvalue weighted by Gasteiger charge is -2.15. The Bertz CT molecular complexity index is 565. The van der Waals surface area contributed by atoms with Crippen molar-refractivity contribution in [3.63, 3.8) is 0 Å². The highest BCUT2D eigenvalue weighted by Gasteiger charge is 2.21. The van der Waals surface area contributed by atoms with Gasteiger partial charge in [0.05, 0.1) is 12.8 Å². The van der Waals surface area contributed by atoms with Gasteiger partial charge in [0.15, 0.2) is 5.13 Å². The Labute approximate surface area is 103 Å². The highest BCUT2D eigenvalue weighted by molar-refractivity contribution is 7.16. The van der Waals surface area contributed by atoms with E-state index in [1.54, 1.807) is 18.4 Å². The van der Waals surface area contributed by atoms with Crippen LogP contribution in [0.2, 0.25) is 0 Å². The molecular weight excluding hydrogens is 234 g/mol. The van der Waals surface area contributed by atoms with E-state index in [2.05, 4.69) is 16.5 Å². The number of benzene rings is 1. The second-order valence-electron chi connectivity index (χ2n) is 3.96. The number of anilines is 1. The zero-order valence-corrected chi connectivity index (χ0v) is 10.3. The van der Waals surface area contributed by atoms with Crippen molar-refractivity contribution in [1.29, 1.82) is 0 Å². The van der Waals surface area contributed by atoms with Gasteiger partial charge in [-0.1, -0.05) is 6.07 Å². The van der Waals surface area contributed by atoms with E-state index < -0.39 is 0 Å². The Hall–Kier alpha value is -1.59. The summed E-state index contributed by atoms with van der Waals surface area (Å²) in [7, 11) is 1.68. The number of aromatic nitrogens is 1. The third-order valence-corrected chi connectivity index (χ3v) is 4.06. The van der Waals surface area contributed by atoms with Crippen molar-refractivity contribution in [2.45, 2.75) is 12.8 Å². The van der Waals surface area contributed by atoms with Crippen LogP contribution < -0.4 is 16.0 Å². The van der Waals surface area contributed by atoms with Crippen LogP contribution >= 0.6 is 11.3 Å². The van der Waals surface area contributed by atoms with Crippen molar-refractivity contribution in [1.82, 2.24) is 4.98 Å². The Morgan fingerprint density at radius 1 is 1.41 bits per heavy atom. The van der Waals surface area contributed by atoms with Gasteiger partial charge in [0, 0.05) is 10.4 Å². The quantitative estimate of drug-likeness (QED) is 0.631. The fourth-order valence-electron chi connectivity index (χ4n) is 2.16. The fourth-order valence-corrected chi connectivity index (χ4v) is 3.05. The van der Waals surface area contributed by atoms with E-state index in [-0.39, 0.29) is 0 Å². The number of nitrogens with zero attached hydrogens (tertiary/aromatic N) is 1. The smallest absolute Gasteiger partial charge is 0.197 e. The van der Waals surface area contributed by atoms with Crippen LogP contribution in [0.4, 0.5) is 5.13 Å². The summed E-state index contributed by atoms with van der Waals surface area (Å²) >= 11 is 1.62. The molecule has 0 spiro atoms. The molecule has 1 aromatic heterocycles. The molecule has 0 radical (unpaired) electrons. The molecule has 5 heteroatoms. The third-order valence-electron chi connectivity index (χ3n) is 3.01. The maximum absolute atomic E-state index is 5.41. The topological polar surface area (TPSA) is 60.2 Å². The van der Waals surface area contributed by atoms with E-state index in [9.17, 15) is 0 Å². The van der Waals surface area contributed by atoms with E-state index in [0.29, 0.717) is 0 Å². The first-order valence-electron chi connectivity index (χ1n) is 5.45. The Balaban J connectivity index is 2.16. The maximum Gasteiger partial charge on any atom is 0.197 e. The molecule has 2 aromatic rings. The average Bonchev–Trinajstić information content (AvgIpc) is 2.81. The zero-order chi connectivity index (χ0) is 11.8. The summed E-state index contributed by atoms with van der Waals surface area (Å²) in [4.78, 5) is 5.80. The molecule has 0 atom stereocenters. The predicted molar refractivity (Wildman–Crippen MR) is 69.3 cm³/mol. The SMILES string of the molecule is COc1ccc2c(c1)-c1nc(NN)sc1CC2. The van der Waals surface area contributed by atoms with Crippen LogP contribution in [0, 0.1) is 0 Å². The number of thiazole rings is 1. The first kappa shape index (κ1) is 10.6. The first-order chi connectivity index (χ1) is 8.31. The molecule has 0 bridgehead atoms. The van der Waals surface area contributed by atoms with Crippen molar-refractivity contribution in [3.05, 3.63) is 28.6 Å². The van der Waals surface area contributed by atoms with Gasteiger partial charge in [-0.05, 0) is 30.5 Å². The van der Waals surface area contributed by atoms with E-state index in [1.165, 1.54) is 16.0 Å². The minimum Gasteiger partial charge on any atom is -0.497 e. The molecule has 0 saturated carbocycles. The summed E-state index contributed by atoms with van der Waals surface area (Å²) in [6, 6.07) is 6.16. The van der Waals surface area contributed by atoms with Crippen LogP contribution in [-0.2, 0) is 12.8 Å². The Morgan fingerprint density at radius 2 is 2.29 bits per heavy atom. The van der Waals surface area contributed by atoms with Crippen molar-refractivity contribution >= 4 is 16.5 Å². The molecular formula is C12H13N3OS. The lowest BCUT2D eigenvalue weighted by molar-refractivity contribution is 0.415. The molecule has 1 heterocycles. The predicted octanol–water partition coefficient (Wildman–Crippen LogP) is 2.20. The second-order valence-corrected chi connectivity index (χ2v) is 5.04. The molecule has 0 unspecified atom stereocenters. The first-order valence-corrected chi connectivity index (χ1v) is 6.27. The van der Waals surface area contributed by atoms with E-state index in [4.69, 9.17) is 10.6 Å². The van der Waals surface area contributed by atoms with Crippen molar-refractivity contribution < 1.29 is 4.74 Å². The summed E-state index contributed by atoms with van der Waals surface area (Å²) in [5.41, 5.74) is 6.16. The lowest BCUT2D eigenvalue weighted by Crippen LogP contribution is -2.06. The summed E-state index contributed by atoms with van der Waals surface area (Å²) in [5.74, 6) is 6.28. The van der Waals surface area contributed by atoms with Gasteiger partial charge in [0.25, 0.3) is 0 Å². The summed E-state index contributed by atoms with van der Waals surface area (Å²) in [5, 5.41) is 0.769. The van der Waals surface area contributed by atoms with Crippen molar-refractivity contribution in [2.24, 2.45) is 5.84 Å². The number of methoxy groups -OCH3 is 1. The average molecular weight is 247 g/mol. The molecule has 4 nitrogen and oxygen atoms in total. The summed E-state index contributed by atoms with van der Waals surface area (Å²) < 4.78 is 5.26. The lowest BCUT2D eigenvalue weighted by atomic mass is 9.93. The molecule has 88 valence electrons. The molecule has 1 aliphatic carbocycles. The van der Waals surface area contributed by atoms with Crippen LogP contribution in [-0.4, -0.2) is 12.1 Å². The van der Waals surface area contributed by atoms with Crippen LogP contribution in [0.1, 0.15) is 10.4 Å². The van der Waals surface area contributed by atoms with Gasteiger partial charge >= 0.3 is 0 Å². The number of ether oxygens (including phenoxy) is 1. The van der Waals surface area contributed by atoms with E-state index in [1.807, 2.05) is 12.1 Å². The molecule has 1 aliphatic rings. The van der Waals surface area contributed by atoms with Crippen molar-refractivity contribution in [2.75, 3.05) is 12.5 Å². The summed E-state index contributed by atoms with van der Waals surface area (Å²) in [6.45, 7) is 0. The number of hydrogen-bond acceptors (Lipinski definition) is 5. The van der Waals surface area contributed by atoms with Gasteiger partial charge in [0.2, 0.25) is 0 Å². The molecule has 17 heavy (non-hydrogen) atoms. The normalized spacial score (nSPS) is 12.8. The molecule has 3 rings (SSSR count). The van der Waals surface area contributed by atoms with Gasteiger partial charge in [-0.2, -0.15) is 0 Å². The molecule has 0 amide bonds. The number of nitrogen functional groups attached to an aromatic ring is 1. The molecule has 3 N–H and O–H groups in total. The zero-order valence-electron chi connectivity index (χ0n) is 9.49. The third kappa shape index (κ3) is 1.67. The van der Waals surface area contributed by atoms with E-state index >= 15 is 0 Å². The highest BCUT2D eigenvalue weighted by atomic mass is 32.1. The fraction of sp³-hybridized carbons (Fsp3) is 0.250. The number of rotatable bonds is 2. The minimum absolute atomic E-state index is 0.769. The van der Waals surface area contributed by atoms with Gasteiger partial charge in [0.1, 0.15) is 5.75 Å². The number of hydrogen-bond donors (Lipinski definition) is 2. The highest BCUT2D eigenvalue weighted by Crippen LogP contribution is 2.39. The monoisotopic (exact) mass is 247 g/mol. The van der Waals surface area contributed by atoms with Crippen LogP contribution in [0.5, 0.6) is 5.75 Å². The Kier molecular flexibility index (Phi) is 2.49. The van der Waals surface area contributed by atoms with Gasteiger partial charge in [-0.3, -0.25) is 5.43 Å². The Morgan fingerprint density at radius 3 is 3.06 bits per heavy atom. The van der Waals surface area contributed by atoms with Crippen molar-refractivity contribution in [3.8, 4) is 17.0 Å². The maximum atomic E-state index is 5.41. The van der Waals surface area contributed by atoms with Gasteiger partial charge < -0.3 is 4.74 Å². The summed E-state index contributed by atoms with van der Waals surface area (Å²) in [6.07, 6.45) is 2.09. The molecule has 0 fully saturated rings. The van der Waals surface area contributed by atoms with Gasteiger partial charge in [-0.25, -0.2) is 10.8 Å². The number of nitrogens with one attached hydrogen (secondary N) is 1. The standard InChI is InChI=1S/C12H13N3OS/c1-16-8-4-2-7-3-5-10-11(9(7)6-8)14-12(15-13)17-10/h2,4,6H,3,5,13H2,1H3,(H,14,15). The van der Waals surface area contributed by atoms with Crippen LogP contribution in [0.3, 0.4) is 0 Å². The van der Waals surface area contributed by atoms with E-state index in [0.717, 1.165) is 29.4 Å². The number of aryl methyl sites for hydroxylation is 2.